The van der Waals surface area contributed by atoms with Gasteiger partial charge in [-0.25, -0.2) is 4.79 Å². The molecule has 0 radical (unpaired) electrons. The largest absolute Gasteiger partial charge is 0.507 e. The molecule has 0 heterocycles. The number of allylic oxidation sites excluding steroid dienone is 9. The summed E-state index contributed by atoms with van der Waals surface area (Å²) in [6.07, 6.45) is 15.3. The summed E-state index contributed by atoms with van der Waals surface area (Å²) in [5, 5.41) is 12.4. The van der Waals surface area contributed by atoms with Crippen LogP contribution in [0.4, 0.5) is 5.69 Å². The van der Waals surface area contributed by atoms with E-state index in [0.717, 1.165) is 11.1 Å². The molecule has 33 heavy (non-hydrogen) atoms. The van der Waals surface area contributed by atoms with Crippen LogP contribution in [0.15, 0.2) is 76.9 Å². The summed E-state index contributed by atoms with van der Waals surface area (Å²) in [4.78, 5) is 24.0. The highest BCUT2D eigenvalue weighted by Gasteiger charge is 2.26. The fourth-order valence-electron chi connectivity index (χ4n) is 3.95. The molecule has 0 aliphatic heterocycles. The van der Waals surface area contributed by atoms with Crippen molar-refractivity contribution in [3.8, 4) is 5.75 Å². The Morgan fingerprint density at radius 2 is 1.88 bits per heavy atom. The van der Waals surface area contributed by atoms with E-state index in [1.54, 1.807) is 0 Å². The Kier molecular flexibility index (Phi) is 9.03. The minimum absolute atomic E-state index is 0.00728. The first kappa shape index (κ1) is 25.9. The predicted octanol–water partition coefficient (Wildman–Crippen LogP) is 6.65. The molecule has 0 bridgehead atoms. The maximum Gasteiger partial charge on any atom is 0.341 e. The van der Waals surface area contributed by atoms with Gasteiger partial charge in [0, 0.05) is 11.8 Å². The van der Waals surface area contributed by atoms with Crippen LogP contribution >= 0.6 is 0 Å². The number of phenolic OH excluding ortho intramolecular Hbond substituents is 1. The van der Waals surface area contributed by atoms with Crippen LogP contribution in [-0.2, 0) is 9.53 Å². The highest BCUT2D eigenvalue weighted by Crippen LogP contribution is 2.40. The van der Waals surface area contributed by atoms with Gasteiger partial charge in [-0.05, 0) is 74.8 Å². The number of methoxy groups -OCH3 is 1. The molecule has 0 aromatic heterocycles. The monoisotopic (exact) mass is 449 g/mol. The molecule has 1 amide bonds. The van der Waals surface area contributed by atoms with Crippen LogP contribution < -0.4 is 5.32 Å². The molecule has 0 spiro atoms. The smallest absolute Gasteiger partial charge is 0.341 e. The van der Waals surface area contributed by atoms with Crippen LogP contribution in [0.25, 0.3) is 0 Å². The van der Waals surface area contributed by atoms with Crippen molar-refractivity contribution in [2.24, 2.45) is 5.41 Å². The van der Waals surface area contributed by atoms with E-state index in [4.69, 9.17) is 0 Å². The van der Waals surface area contributed by atoms with Gasteiger partial charge < -0.3 is 15.2 Å². The minimum atomic E-state index is -0.673. The van der Waals surface area contributed by atoms with E-state index in [2.05, 4.69) is 49.9 Å². The zero-order valence-electron chi connectivity index (χ0n) is 20.5. The van der Waals surface area contributed by atoms with Crippen molar-refractivity contribution < 1.29 is 19.4 Å². The van der Waals surface area contributed by atoms with Crippen LogP contribution in [0.2, 0.25) is 0 Å². The van der Waals surface area contributed by atoms with Gasteiger partial charge in [-0.2, -0.15) is 0 Å². The zero-order valence-corrected chi connectivity index (χ0v) is 20.5. The number of amides is 1. The average molecular weight is 450 g/mol. The maximum atomic E-state index is 12.3. The SMILES string of the molecule is COC(=O)c1cc(NC(=O)/C=C(C)/C=C/C=C(C)/C=C/C2=C(C)CCCC2(C)C)ccc1O. The fraction of sp³-hybridized carbons (Fsp3) is 0.357. The van der Waals surface area contributed by atoms with E-state index in [1.165, 1.54) is 61.8 Å². The Morgan fingerprint density at radius 1 is 1.15 bits per heavy atom. The number of aromatic hydroxyl groups is 1. The van der Waals surface area contributed by atoms with Crippen LogP contribution in [0, 0.1) is 5.41 Å². The van der Waals surface area contributed by atoms with Gasteiger partial charge in [0.1, 0.15) is 11.3 Å². The molecule has 176 valence electrons. The van der Waals surface area contributed by atoms with Gasteiger partial charge in [-0.15, -0.1) is 0 Å². The topological polar surface area (TPSA) is 75.6 Å². The lowest BCUT2D eigenvalue weighted by atomic mass is 9.72. The standard InChI is InChI=1S/C28H35NO4/c1-19(12-14-24-21(3)11-8-16-28(24,4)5)9-7-10-20(2)17-26(31)29-22-13-15-25(30)23(18-22)27(32)33-6/h7,9-10,12-15,17-18,30H,8,11,16H2,1-6H3,(H,29,31)/b10-7+,14-12+,19-9+,20-17+. The highest BCUT2D eigenvalue weighted by molar-refractivity contribution is 6.01. The zero-order chi connectivity index (χ0) is 24.6. The lowest BCUT2D eigenvalue weighted by molar-refractivity contribution is -0.111. The molecule has 0 unspecified atom stereocenters. The van der Waals surface area contributed by atoms with Gasteiger partial charge in [0.15, 0.2) is 0 Å². The second-order valence-corrected chi connectivity index (χ2v) is 9.14. The highest BCUT2D eigenvalue weighted by atomic mass is 16.5. The molecule has 0 saturated carbocycles. The molecule has 0 saturated heterocycles. The van der Waals surface area contributed by atoms with Crippen molar-refractivity contribution in [2.45, 2.75) is 53.9 Å². The lowest BCUT2D eigenvalue weighted by Crippen LogP contribution is -2.19. The first-order valence-electron chi connectivity index (χ1n) is 11.2. The number of carbonyl (C=O) groups excluding carboxylic acids is 2. The number of esters is 1. The van der Waals surface area contributed by atoms with Gasteiger partial charge in [-0.1, -0.05) is 55.4 Å². The minimum Gasteiger partial charge on any atom is -0.507 e. The number of hydrogen-bond donors (Lipinski definition) is 2. The van der Waals surface area contributed by atoms with Gasteiger partial charge in [-0.3, -0.25) is 4.79 Å². The Balaban J connectivity index is 2.01. The van der Waals surface area contributed by atoms with Crippen molar-refractivity contribution in [1.29, 1.82) is 0 Å². The van der Waals surface area contributed by atoms with Crippen molar-refractivity contribution in [3.05, 3.63) is 82.5 Å². The summed E-state index contributed by atoms with van der Waals surface area (Å²) in [7, 11) is 1.23. The molecular formula is C28H35NO4. The number of anilines is 1. The number of benzene rings is 1. The molecule has 5 nitrogen and oxygen atoms in total. The van der Waals surface area contributed by atoms with Crippen molar-refractivity contribution in [1.82, 2.24) is 0 Å². The number of rotatable bonds is 7. The van der Waals surface area contributed by atoms with Crippen molar-refractivity contribution in [2.75, 3.05) is 12.4 Å². The molecule has 1 aliphatic rings. The lowest BCUT2D eigenvalue weighted by Gasteiger charge is -2.32. The molecule has 2 N–H and O–H groups in total. The number of hydrogen-bond acceptors (Lipinski definition) is 4. The second kappa shape index (κ2) is 11.5. The van der Waals surface area contributed by atoms with Crippen LogP contribution in [0.5, 0.6) is 5.75 Å². The molecule has 0 atom stereocenters. The third-order valence-electron chi connectivity index (χ3n) is 5.80. The van der Waals surface area contributed by atoms with Crippen LogP contribution in [0.1, 0.15) is 64.2 Å². The van der Waals surface area contributed by atoms with Crippen molar-refractivity contribution in [3.63, 3.8) is 0 Å². The van der Waals surface area contributed by atoms with Gasteiger partial charge in [0.25, 0.3) is 0 Å². The van der Waals surface area contributed by atoms with E-state index in [9.17, 15) is 14.7 Å². The Bertz CT molecular complexity index is 1050. The third-order valence-corrected chi connectivity index (χ3v) is 5.80. The molecular weight excluding hydrogens is 414 g/mol. The summed E-state index contributed by atoms with van der Waals surface area (Å²) in [6.45, 7) is 10.7. The summed E-state index contributed by atoms with van der Waals surface area (Å²) in [5.74, 6) is -1.21. The normalized spacial score (nSPS) is 17.0. The average Bonchev–Trinajstić information content (AvgIpc) is 2.73. The summed E-state index contributed by atoms with van der Waals surface area (Å²) < 4.78 is 4.63. The van der Waals surface area contributed by atoms with Gasteiger partial charge in [0.2, 0.25) is 5.91 Å². The first-order valence-corrected chi connectivity index (χ1v) is 11.2. The third kappa shape index (κ3) is 7.63. The second-order valence-electron chi connectivity index (χ2n) is 9.14. The van der Waals surface area contributed by atoms with E-state index < -0.39 is 5.97 Å². The van der Waals surface area contributed by atoms with E-state index in [1.807, 2.05) is 25.2 Å². The predicted molar refractivity (Wildman–Crippen MR) is 134 cm³/mol. The molecule has 5 heteroatoms. The number of phenols is 1. The maximum absolute atomic E-state index is 12.3. The molecule has 2 rings (SSSR count). The van der Waals surface area contributed by atoms with Gasteiger partial charge >= 0.3 is 5.97 Å². The summed E-state index contributed by atoms with van der Waals surface area (Å²) in [6, 6.07) is 4.23. The Labute approximate surface area is 197 Å². The fourth-order valence-corrected chi connectivity index (χ4v) is 3.95. The summed E-state index contributed by atoms with van der Waals surface area (Å²) >= 11 is 0. The van der Waals surface area contributed by atoms with E-state index in [-0.39, 0.29) is 22.6 Å². The number of nitrogens with one attached hydrogen (secondary N) is 1. The van der Waals surface area contributed by atoms with E-state index >= 15 is 0 Å². The number of ether oxygens (including phenoxy) is 1. The summed E-state index contributed by atoms with van der Waals surface area (Å²) in [5.41, 5.74) is 5.42. The molecule has 1 aromatic carbocycles. The first-order chi connectivity index (χ1) is 15.5. The van der Waals surface area contributed by atoms with E-state index in [0.29, 0.717) is 5.69 Å². The van der Waals surface area contributed by atoms with Crippen molar-refractivity contribution >= 4 is 17.6 Å². The van der Waals surface area contributed by atoms with Crippen LogP contribution in [-0.4, -0.2) is 24.1 Å². The molecule has 0 fully saturated rings. The van der Waals surface area contributed by atoms with Gasteiger partial charge in [0.05, 0.1) is 7.11 Å². The molecule has 1 aliphatic carbocycles. The van der Waals surface area contributed by atoms with Crippen LogP contribution in [0.3, 0.4) is 0 Å². The molecule has 1 aromatic rings. The quantitative estimate of drug-likeness (QED) is 0.211. The Hall–Kier alpha value is -3.34. The number of carbonyl (C=O) groups is 2. The Morgan fingerprint density at radius 3 is 2.55 bits per heavy atom.